The monoisotopic (exact) mass is 564 g/mol. The fourth-order valence-corrected chi connectivity index (χ4v) is 4.64. The first kappa shape index (κ1) is 30.9. The Bertz CT molecular complexity index is 1140. The quantitative estimate of drug-likeness (QED) is 0.227. The third kappa shape index (κ3) is 7.52. The molecular formula is C27H40N4O9. The summed E-state index contributed by atoms with van der Waals surface area (Å²) in [5, 5.41) is 12.2. The molecule has 0 bridgehead atoms. The highest BCUT2D eigenvalue weighted by Crippen LogP contribution is 2.39. The lowest BCUT2D eigenvalue weighted by Gasteiger charge is -2.42. The maximum Gasteiger partial charge on any atom is 0.415 e. The molecule has 2 amide bonds. The van der Waals surface area contributed by atoms with Gasteiger partial charge in [0.25, 0.3) is 5.69 Å². The van der Waals surface area contributed by atoms with Crippen LogP contribution in [0.4, 0.5) is 21.0 Å². The number of piperazine rings is 1. The van der Waals surface area contributed by atoms with Crippen molar-refractivity contribution in [2.75, 3.05) is 38.3 Å². The Balaban J connectivity index is 1.96. The van der Waals surface area contributed by atoms with Crippen LogP contribution < -0.4 is 9.64 Å². The van der Waals surface area contributed by atoms with Gasteiger partial charge in [0.1, 0.15) is 28.7 Å². The van der Waals surface area contributed by atoms with E-state index in [0.29, 0.717) is 43.9 Å². The van der Waals surface area contributed by atoms with Crippen LogP contribution in [0.15, 0.2) is 12.1 Å². The molecule has 0 spiro atoms. The Morgan fingerprint density at radius 1 is 1.10 bits per heavy atom. The van der Waals surface area contributed by atoms with Crippen LogP contribution in [0.5, 0.6) is 5.75 Å². The third-order valence-electron chi connectivity index (χ3n) is 6.47. The molecule has 1 aromatic carbocycles. The summed E-state index contributed by atoms with van der Waals surface area (Å²) < 4.78 is 21.9. The average Bonchev–Trinajstić information content (AvgIpc) is 2.81. The number of benzene rings is 1. The van der Waals surface area contributed by atoms with Crippen molar-refractivity contribution in [3.05, 3.63) is 27.8 Å². The zero-order valence-electron chi connectivity index (χ0n) is 24.5. The third-order valence-corrected chi connectivity index (χ3v) is 6.47. The highest BCUT2D eigenvalue weighted by atomic mass is 16.6. The summed E-state index contributed by atoms with van der Waals surface area (Å²) in [6.45, 7) is 13.9. The first-order valence-corrected chi connectivity index (χ1v) is 13.3. The van der Waals surface area contributed by atoms with Crippen LogP contribution in [-0.4, -0.2) is 89.5 Å². The van der Waals surface area contributed by atoms with Gasteiger partial charge in [-0.25, -0.2) is 14.4 Å². The van der Waals surface area contributed by atoms with E-state index < -0.39 is 34.2 Å². The van der Waals surface area contributed by atoms with Crippen LogP contribution in [0.3, 0.4) is 0 Å². The molecule has 222 valence electrons. The molecule has 2 heterocycles. The number of nitro benzene ring substituents is 1. The number of hydrogen-bond donors (Lipinski definition) is 0. The molecule has 3 rings (SSSR count). The van der Waals surface area contributed by atoms with Gasteiger partial charge in [0.15, 0.2) is 0 Å². The van der Waals surface area contributed by atoms with Gasteiger partial charge in [-0.05, 0) is 54.9 Å². The first-order valence-electron chi connectivity index (χ1n) is 13.3. The summed E-state index contributed by atoms with van der Waals surface area (Å²) in [6.07, 6.45) is -0.713. The minimum atomic E-state index is -1.21. The molecule has 2 unspecified atom stereocenters. The normalized spacial score (nSPS) is 18.6. The number of ether oxygens (including phenoxy) is 4. The number of amides is 2. The van der Waals surface area contributed by atoms with Crippen molar-refractivity contribution in [1.82, 2.24) is 9.80 Å². The van der Waals surface area contributed by atoms with Crippen molar-refractivity contribution in [3.8, 4) is 5.75 Å². The van der Waals surface area contributed by atoms with Crippen molar-refractivity contribution >= 4 is 29.5 Å². The smallest absolute Gasteiger partial charge is 0.415 e. The highest BCUT2D eigenvalue weighted by molar-refractivity contribution is 5.98. The molecular weight excluding hydrogens is 524 g/mol. The molecule has 1 aromatic rings. The summed E-state index contributed by atoms with van der Waals surface area (Å²) in [5.41, 5.74) is -1.49. The van der Waals surface area contributed by atoms with Crippen LogP contribution in [0.2, 0.25) is 0 Å². The van der Waals surface area contributed by atoms with Crippen LogP contribution in [0.25, 0.3) is 0 Å². The molecule has 13 heteroatoms. The molecule has 0 aromatic heterocycles. The van der Waals surface area contributed by atoms with E-state index in [4.69, 9.17) is 18.9 Å². The summed E-state index contributed by atoms with van der Waals surface area (Å²) in [6, 6.07) is 1.53. The van der Waals surface area contributed by atoms with E-state index in [0.717, 1.165) is 4.90 Å². The van der Waals surface area contributed by atoms with Gasteiger partial charge in [-0.1, -0.05) is 0 Å². The number of esters is 1. The number of carbonyl (C=O) groups is 3. The number of nitrogens with zero attached hydrogens (tertiary/aromatic N) is 4. The van der Waals surface area contributed by atoms with Gasteiger partial charge >= 0.3 is 18.2 Å². The van der Waals surface area contributed by atoms with Gasteiger partial charge in [0.2, 0.25) is 0 Å². The molecule has 2 aliphatic rings. The summed E-state index contributed by atoms with van der Waals surface area (Å²) in [4.78, 5) is 54.7. The molecule has 40 heavy (non-hydrogen) atoms. The molecule has 2 atom stereocenters. The van der Waals surface area contributed by atoms with Gasteiger partial charge in [0.05, 0.1) is 18.6 Å². The van der Waals surface area contributed by atoms with Gasteiger partial charge in [0, 0.05) is 49.9 Å². The Hall–Kier alpha value is -3.61. The Kier molecular flexibility index (Phi) is 9.17. The van der Waals surface area contributed by atoms with E-state index >= 15 is 0 Å². The maximum absolute atomic E-state index is 13.2. The maximum atomic E-state index is 13.2. The number of anilines is 1. The second-order valence-corrected chi connectivity index (χ2v) is 11.9. The van der Waals surface area contributed by atoms with Crippen molar-refractivity contribution in [2.24, 2.45) is 0 Å². The largest absolute Gasteiger partial charge is 0.493 e. The van der Waals surface area contributed by atoms with E-state index in [1.54, 1.807) is 25.7 Å². The minimum absolute atomic E-state index is 0.0363. The Morgan fingerprint density at radius 3 is 2.33 bits per heavy atom. The lowest BCUT2D eigenvalue weighted by Crippen LogP contribution is -2.55. The van der Waals surface area contributed by atoms with E-state index in [-0.39, 0.29) is 30.1 Å². The summed E-state index contributed by atoms with van der Waals surface area (Å²) in [7, 11) is 1.17. The highest BCUT2D eigenvalue weighted by Gasteiger charge is 2.38. The number of nitro groups is 1. The van der Waals surface area contributed by atoms with Crippen LogP contribution in [0, 0.1) is 10.1 Å². The van der Waals surface area contributed by atoms with E-state index in [1.807, 2.05) is 20.8 Å². The van der Waals surface area contributed by atoms with E-state index in [1.165, 1.54) is 26.2 Å². The van der Waals surface area contributed by atoms with Crippen LogP contribution >= 0.6 is 0 Å². The molecule has 0 saturated carbocycles. The van der Waals surface area contributed by atoms with Crippen molar-refractivity contribution in [1.29, 1.82) is 0 Å². The van der Waals surface area contributed by atoms with Crippen molar-refractivity contribution in [3.63, 3.8) is 0 Å². The number of carbonyl (C=O) groups excluding carboxylic acids is 3. The molecule has 1 saturated heterocycles. The molecule has 13 nitrogen and oxygen atoms in total. The number of rotatable bonds is 4. The molecule has 0 aliphatic carbocycles. The predicted octanol–water partition coefficient (Wildman–Crippen LogP) is 4.10. The predicted molar refractivity (Wildman–Crippen MR) is 145 cm³/mol. The molecule has 0 N–H and O–H groups in total. The van der Waals surface area contributed by atoms with Gasteiger partial charge < -0.3 is 23.8 Å². The van der Waals surface area contributed by atoms with E-state index in [9.17, 15) is 24.5 Å². The molecule has 0 radical (unpaired) electrons. The number of fused-ring (bicyclic) bond motifs is 2. The van der Waals surface area contributed by atoms with Gasteiger partial charge in [-0.3, -0.25) is 19.9 Å². The fraction of sp³-hybridized carbons (Fsp3) is 0.667. The lowest BCUT2D eigenvalue weighted by molar-refractivity contribution is -0.384. The topological polar surface area (TPSA) is 141 Å². The SMILES string of the molecule is COC(=O)C(C)N(C(=O)OC(C)(C)C)c1cc2c(cc1[N+](=O)[O-])CN1CCN(C(=O)OC(C)(C)C)CC1CCO2. The van der Waals surface area contributed by atoms with Crippen LogP contribution in [-0.2, 0) is 25.5 Å². The standard InChI is InChI=1S/C27H40N4O9/c1-17(23(32)37-8)30(25(34)40-27(5,6)7)20-14-22-18(13-21(20)31(35)36)15-28-10-11-29(16-19(28)9-12-38-22)24(33)39-26(2,3)4/h13-14,17,19H,9-12,15-16H2,1-8H3. The van der Waals surface area contributed by atoms with Crippen LogP contribution in [0.1, 0.15) is 60.5 Å². The van der Waals surface area contributed by atoms with Crippen molar-refractivity contribution in [2.45, 2.75) is 84.7 Å². The Morgan fingerprint density at radius 2 is 1.75 bits per heavy atom. The lowest BCUT2D eigenvalue weighted by atomic mass is 10.0. The number of methoxy groups -OCH3 is 1. The zero-order valence-corrected chi connectivity index (χ0v) is 24.5. The number of hydrogen-bond acceptors (Lipinski definition) is 10. The molecule has 2 aliphatic heterocycles. The van der Waals surface area contributed by atoms with Gasteiger partial charge in [-0.15, -0.1) is 0 Å². The summed E-state index contributed by atoms with van der Waals surface area (Å²) in [5.74, 6) is -0.405. The second kappa shape index (κ2) is 11.9. The van der Waals surface area contributed by atoms with E-state index in [2.05, 4.69) is 4.90 Å². The Labute approximate surface area is 234 Å². The second-order valence-electron chi connectivity index (χ2n) is 11.9. The van der Waals surface area contributed by atoms with Crippen molar-refractivity contribution < 1.29 is 38.3 Å². The first-order chi connectivity index (χ1) is 18.5. The fourth-order valence-electron chi connectivity index (χ4n) is 4.64. The minimum Gasteiger partial charge on any atom is -0.493 e. The van der Waals surface area contributed by atoms with Gasteiger partial charge in [-0.2, -0.15) is 0 Å². The molecule has 1 fully saturated rings. The summed E-state index contributed by atoms with van der Waals surface area (Å²) >= 11 is 0. The zero-order chi connectivity index (χ0) is 30.0. The average molecular weight is 565 g/mol.